The summed E-state index contributed by atoms with van der Waals surface area (Å²) in [6.07, 6.45) is 3.04. The van der Waals surface area contributed by atoms with Gasteiger partial charge in [0.1, 0.15) is 0 Å². The molecule has 3 rings (SSSR count). The second-order valence-electron chi connectivity index (χ2n) is 4.29. The molecule has 0 spiro atoms. The van der Waals surface area contributed by atoms with E-state index in [4.69, 9.17) is 4.84 Å². The molecule has 0 aromatic heterocycles. The second-order valence-corrected chi connectivity index (χ2v) is 4.29. The summed E-state index contributed by atoms with van der Waals surface area (Å²) in [6, 6.07) is 11.2. The lowest BCUT2D eigenvalue weighted by atomic mass is 9.76. The molecular weight excluding hydrogens is 174 g/mol. The lowest BCUT2D eigenvalue weighted by Gasteiger charge is -2.30. The molecule has 1 aliphatic carbocycles. The van der Waals surface area contributed by atoms with Crippen molar-refractivity contribution in [1.29, 1.82) is 0 Å². The standard InChI is InChI=1S/C12H15NO/c1-13-12(9-5-3-2-4-6-9)10-7-8-11(10)14-13/h2-6,10-12H,7-8H2,1H3/t10-,11+,12-/m1/s1. The summed E-state index contributed by atoms with van der Waals surface area (Å²) in [5, 5.41) is 2.04. The molecule has 1 saturated carbocycles. The van der Waals surface area contributed by atoms with E-state index in [-0.39, 0.29) is 0 Å². The minimum Gasteiger partial charge on any atom is -0.295 e. The van der Waals surface area contributed by atoms with Crippen LogP contribution in [0.25, 0.3) is 0 Å². The quantitative estimate of drug-likeness (QED) is 0.672. The molecule has 0 N–H and O–H groups in total. The van der Waals surface area contributed by atoms with Crippen LogP contribution >= 0.6 is 0 Å². The Morgan fingerprint density at radius 2 is 2.00 bits per heavy atom. The average molecular weight is 189 g/mol. The van der Waals surface area contributed by atoms with Crippen molar-refractivity contribution in [3.63, 3.8) is 0 Å². The lowest BCUT2D eigenvalue weighted by Crippen LogP contribution is -2.30. The highest BCUT2D eigenvalue weighted by atomic mass is 16.7. The number of hydrogen-bond donors (Lipinski definition) is 0. The summed E-state index contributed by atoms with van der Waals surface area (Å²) in [5.74, 6) is 0.724. The highest BCUT2D eigenvalue weighted by Gasteiger charge is 2.47. The molecule has 1 aliphatic heterocycles. The van der Waals surface area contributed by atoms with Crippen molar-refractivity contribution in [2.24, 2.45) is 5.92 Å². The molecule has 1 aromatic carbocycles. The first-order valence-electron chi connectivity index (χ1n) is 5.31. The Labute approximate surface area is 84.4 Å². The van der Waals surface area contributed by atoms with Crippen molar-refractivity contribution in [1.82, 2.24) is 5.06 Å². The minimum atomic E-state index is 0.481. The molecule has 2 aliphatic rings. The molecule has 74 valence electrons. The SMILES string of the molecule is CN1O[C@H]2CC[C@H]2[C@H]1c1ccccc1. The third-order valence-electron chi connectivity index (χ3n) is 3.50. The fourth-order valence-corrected chi connectivity index (χ4v) is 2.64. The van der Waals surface area contributed by atoms with Gasteiger partial charge in [-0.2, -0.15) is 5.06 Å². The van der Waals surface area contributed by atoms with Crippen molar-refractivity contribution in [2.45, 2.75) is 25.0 Å². The van der Waals surface area contributed by atoms with Gasteiger partial charge in [-0.1, -0.05) is 30.3 Å². The number of rotatable bonds is 1. The van der Waals surface area contributed by atoms with Crippen LogP contribution in [0.2, 0.25) is 0 Å². The zero-order valence-corrected chi connectivity index (χ0v) is 8.39. The second kappa shape index (κ2) is 3.07. The monoisotopic (exact) mass is 189 g/mol. The highest BCUT2D eigenvalue weighted by molar-refractivity contribution is 5.21. The van der Waals surface area contributed by atoms with Gasteiger partial charge in [-0.05, 0) is 18.4 Å². The minimum absolute atomic E-state index is 0.481. The Morgan fingerprint density at radius 3 is 2.57 bits per heavy atom. The van der Waals surface area contributed by atoms with Crippen molar-refractivity contribution in [3.8, 4) is 0 Å². The van der Waals surface area contributed by atoms with Gasteiger partial charge in [0, 0.05) is 13.0 Å². The largest absolute Gasteiger partial charge is 0.295 e. The third-order valence-corrected chi connectivity index (χ3v) is 3.50. The van der Waals surface area contributed by atoms with Gasteiger partial charge in [-0.25, -0.2) is 0 Å². The summed E-state index contributed by atoms with van der Waals surface area (Å²) < 4.78 is 0. The maximum atomic E-state index is 5.76. The molecule has 0 unspecified atom stereocenters. The van der Waals surface area contributed by atoms with Gasteiger partial charge in [0.05, 0.1) is 12.1 Å². The zero-order chi connectivity index (χ0) is 9.54. The van der Waals surface area contributed by atoms with Gasteiger partial charge in [0.15, 0.2) is 0 Å². The molecule has 2 nitrogen and oxygen atoms in total. The fourth-order valence-electron chi connectivity index (χ4n) is 2.64. The number of nitrogens with zero attached hydrogens (tertiary/aromatic N) is 1. The molecule has 1 aromatic rings. The van der Waals surface area contributed by atoms with Crippen LogP contribution in [0.3, 0.4) is 0 Å². The van der Waals surface area contributed by atoms with E-state index in [9.17, 15) is 0 Å². The van der Waals surface area contributed by atoms with Gasteiger partial charge in [0.2, 0.25) is 0 Å². The summed E-state index contributed by atoms with van der Waals surface area (Å²) in [4.78, 5) is 5.76. The molecule has 1 heterocycles. The molecule has 2 heteroatoms. The first-order chi connectivity index (χ1) is 6.86. The van der Waals surface area contributed by atoms with Gasteiger partial charge in [0.25, 0.3) is 0 Å². The average Bonchev–Trinajstić information content (AvgIpc) is 2.42. The Balaban J connectivity index is 1.91. The normalized spacial score (nSPS) is 36.5. The van der Waals surface area contributed by atoms with Crippen LogP contribution in [0, 0.1) is 5.92 Å². The summed E-state index contributed by atoms with van der Waals surface area (Å²) >= 11 is 0. The number of benzene rings is 1. The van der Waals surface area contributed by atoms with Crippen LogP contribution in [0.1, 0.15) is 24.4 Å². The maximum Gasteiger partial charge on any atom is 0.0840 e. The summed E-state index contributed by atoms with van der Waals surface area (Å²) in [5.41, 5.74) is 1.39. The summed E-state index contributed by atoms with van der Waals surface area (Å²) in [6.45, 7) is 0. The predicted octanol–water partition coefficient (Wildman–Crippen LogP) is 2.38. The van der Waals surface area contributed by atoms with Crippen LogP contribution in [-0.2, 0) is 4.84 Å². The lowest BCUT2D eigenvalue weighted by molar-refractivity contribution is -0.152. The Bertz CT molecular complexity index is 324. The van der Waals surface area contributed by atoms with Crippen molar-refractivity contribution in [2.75, 3.05) is 7.05 Å². The van der Waals surface area contributed by atoms with E-state index in [1.54, 1.807) is 0 Å². The third kappa shape index (κ3) is 1.11. The number of hydroxylamine groups is 2. The van der Waals surface area contributed by atoms with E-state index in [1.807, 2.05) is 5.06 Å². The molecule has 0 bridgehead atoms. The van der Waals surface area contributed by atoms with Gasteiger partial charge in [-0.3, -0.25) is 4.84 Å². The van der Waals surface area contributed by atoms with E-state index in [0.29, 0.717) is 12.1 Å². The van der Waals surface area contributed by atoms with Crippen molar-refractivity contribution in [3.05, 3.63) is 35.9 Å². The zero-order valence-electron chi connectivity index (χ0n) is 8.39. The molecule has 3 atom stereocenters. The van der Waals surface area contributed by atoms with Gasteiger partial charge >= 0.3 is 0 Å². The van der Waals surface area contributed by atoms with Crippen molar-refractivity contribution >= 4 is 0 Å². The van der Waals surface area contributed by atoms with E-state index in [1.165, 1.54) is 18.4 Å². The topological polar surface area (TPSA) is 12.5 Å². The van der Waals surface area contributed by atoms with Crippen LogP contribution < -0.4 is 0 Å². The van der Waals surface area contributed by atoms with Crippen LogP contribution in [0.15, 0.2) is 30.3 Å². The van der Waals surface area contributed by atoms with Gasteiger partial charge in [-0.15, -0.1) is 0 Å². The Kier molecular flexibility index (Phi) is 1.85. The number of fused-ring (bicyclic) bond motifs is 1. The molecule has 0 amide bonds. The smallest absolute Gasteiger partial charge is 0.0840 e. The van der Waals surface area contributed by atoms with E-state index in [0.717, 1.165) is 5.92 Å². The van der Waals surface area contributed by atoms with E-state index in [2.05, 4.69) is 37.4 Å². The summed E-state index contributed by atoms with van der Waals surface area (Å²) in [7, 11) is 2.05. The predicted molar refractivity (Wildman–Crippen MR) is 54.5 cm³/mol. The van der Waals surface area contributed by atoms with E-state index >= 15 is 0 Å². The molecule has 0 radical (unpaired) electrons. The molecule has 14 heavy (non-hydrogen) atoms. The molecular formula is C12H15NO. The fraction of sp³-hybridized carbons (Fsp3) is 0.500. The molecule has 2 fully saturated rings. The first kappa shape index (κ1) is 8.45. The highest BCUT2D eigenvalue weighted by Crippen LogP contribution is 2.48. The van der Waals surface area contributed by atoms with Crippen LogP contribution in [0.5, 0.6) is 0 Å². The Hall–Kier alpha value is -0.860. The number of hydrogen-bond acceptors (Lipinski definition) is 2. The first-order valence-corrected chi connectivity index (χ1v) is 5.31. The van der Waals surface area contributed by atoms with Gasteiger partial charge < -0.3 is 0 Å². The molecule has 1 saturated heterocycles. The van der Waals surface area contributed by atoms with Crippen LogP contribution in [-0.4, -0.2) is 18.2 Å². The van der Waals surface area contributed by atoms with Crippen LogP contribution in [0.4, 0.5) is 0 Å². The van der Waals surface area contributed by atoms with Crippen molar-refractivity contribution < 1.29 is 4.84 Å². The van der Waals surface area contributed by atoms with E-state index < -0.39 is 0 Å². The maximum absolute atomic E-state index is 5.76. The Morgan fingerprint density at radius 1 is 1.21 bits per heavy atom.